The zero-order valence-corrected chi connectivity index (χ0v) is 22.8. The number of pyridine rings is 1. The quantitative estimate of drug-likeness (QED) is 0.363. The van der Waals surface area contributed by atoms with E-state index in [1.54, 1.807) is 24.4 Å². The number of halogens is 1. The Kier molecular flexibility index (Phi) is 6.86. The summed E-state index contributed by atoms with van der Waals surface area (Å²) in [6.45, 7) is 6.60. The van der Waals surface area contributed by atoms with Crippen LogP contribution in [0.15, 0.2) is 24.4 Å². The van der Waals surface area contributed by atoms with Crippen LogP contribution in [0, 0.1) is 17.8 Å². The van der Waals surface area contributed by atoms with Crippen LogP contribution in [-0.4, -0.2) is 36.6 Å². The molecule has 3 aromatic heterocycles. The van der Waals surface area contributed by atoms with E-state index in [4.69, 9.17) is 19.8 Å². The highest BCUT2D eigenvalue weighted by Gasteiger charge is 2.39. The first-order chi connectivity index (χ1) is 18.8. The van der Waals surface area contributed by atoms with E-state index >= 15 is 4.39 Å². The van der Waals surface area contributed by atoms with E-state index in [0.717, 1.165) is 38.5 Å². The number of anilines is 1. The van der Waals surface area contributed by atoms with Gasteiger partial charge in [-0.1, -0.05) is 32.3 Å². The summed E-state index contributed by atoms with van der Waals surface area (Å²) in [5, 5.41) is 6.28. The average molecular weight is 537 g/mol. The Morgan fingerprint density at radius 2 is 1.97 bits per heavy atom. The highest BCUT2D eigenvalue weighted by molar-refractivity contribution is 5.84. The molecule has 1 aliphatic heterocycles. The Balaban J connectivity index is 1.50. The van der Waals surface area contributed by atoms with Crippen LogP contribution in [0.4, 0.5) is 15.0 Å². The van der Waals surface area contributed by atoms with Crippen LogP contribution in [0.5, 0.6) is 0 Å². The third-order valence-electron chi connectivity index (χ3n) is 8.77. The van der Waals surface area contributed by atoms with E-state index in [-0.39, 0.29) is 11.9 Å². The van der Waals surface area contributed by atoms with Crippen molar-refractivity contribution in [2.45, 2.75) is 90.1 Å². The molecular weight excluding hydrogens is 499 g/mol. The Morgan fingerprint density at radius 1 is 1.18 bits per heavy atom. The molecule has 10 nitrogen and oxygen atoms in total. The standard InChI is InChI=1S/C28H37FN8O2/c1-16-10-12-18(13-11-16)15-37-21-22(31-17(2)19-7-6-8-19)32-24(25-35-27(38)39-36-25)33-23(21)34-26(37)28(3,29)20-9-4-5-14-30-20/h4-5,9,14,16-19,25,36H,6-8,10-13,15H2,1-3H3,(H,35,38)(H,31,32,33)/t16?,17-,18?,25?,28?/m1/s1. The van der Waals surface area contributed by atoms with Gasteiger partial charge in [-0.15, -0.1) is 5.48 Å². The summed E-state index contributed by atoms with van der Waals surface area (Å²) in [4.78, 5) is 35.3. The number of fused-ring (bicyclic) bond motifs is 1. The maximum atomic E-state index is 16.8. The molecule has 4 heterocycles. The SMILES string of the molecule is CC1CCC(Cn2c(C(C)(F)c3ccccn3)nc3nc(C4NOC(=O)N4)nc(N[C@H](C)C4CCC4)c32)CC1. The molecular formula is C28H37FN8O2. The van der Waals surface area contributed by atoms with Crippen molar-refractivity contribution in [2.24, 2.45) is 17.8 Å². The van der Waals surface area contributed by atoms with Crippen LogP contribution >= 0.6 is 0 Å². The second-order valence-corrected chi connectivity index (χ2v) is 11.7. The third-order valence-corrected chi connectivity index (χ3v) is 8.77. The molecule has 3 aromatic rings. The Labute approximate surface area is 227 Å². The predicted octanol–water partition coefficient (Wildman–Crippen LogP) is 5.12. The molecule has 39 heavy (non-hydrogen) atoms. The van der Waals surface area contributed by atoms with Crippen LogP contribution in [0.25, 0.3) is 11.2 Å². The monoisotopic (exact) mass is 536 g/mol. The minimum absolute atomic E-state index is 0.168. The highest BCUT2D eigenvalue weighted by atomic mass is 19.1. The van der Waals surface area contributed by atoms with Crippen molar-refractivity contribution < 1.29 is 14.0 Å². The molecule has 0 aromatic carbocycles. The van der Waals surface area contributed by atoms with Crippen LogP contribution < -0.4 is 16.1 Å². The van der Waals surface area contributed by atoms with Crippen LogP contribution in [0.3, 0.4) is 0 Å². The van der Waals surface area contributed by atoms with Crippen LogP contribution in [0.2, 0.25) is 0 Å². The second-order valence-electron chi connectivity index (χ2n) is 11.7. The number of hydrogen-bond donors (Lipinski definition) is 3. The zero-order chi connectivity index (χ0) is 27.1. The predicted molar refractivity (Wildman–Crippen MR) is 144 cm³/mol. The maximum absolute atomic E-state index is 16.8. The molecule has 3 aliphatic rings. The number of rotatable bonds is 8. The summed E-state index contributed by atoms with van der Waals surface area (Å²) in [5.41, 5.74) is 2.03. The summed E-state index contributed by atoms with van der Waals surface area (Å²) < 4.78 is 18.8. The first-order valence-electron chi connectivity index (χ1n) is 14.2. The van der Waals surface area contributed by atoms with Gasteiger partial charge in [0.15, 0.2) is 29.3 Å². The summed E-state index contributed by atoms with van der Waals surface area (Å²) in [6.07, 6.45) is 8.31. The first kappa shape index (κ1) is 25.9. The fourth-order valence-electron chi connectivity index (χ4n) is 6.02. The molecule has 3 atom stereocenters. The largest absolute Gasteiger partial charge is 0.427 e. The average Bonchev–Trinajstić information content (AvgIpc) is 3.49. The molecule has 6 rings (SSSR count). The normalized spacial score (nSPS) is 25.9. The maximum Gasteiger partial charge on any atom is 0.427 e. The van der Waals surface area contributed by atoms with Gasteiger partial charge in [0, 0.05) is 18.8 Å². The van der Waals surface area contributed by atoms with Crippen molar-refractivity contribution in [1.29, 1.82) is 0 Å². The number of aromatic nitrogens is 5. The van der Waals surface area contributed by atoms with E-state index in [0.29, 0.717) is 52.8 Å². The van der Waals surface area contributed by atoms with E-state index < -0.39 is 17.9 Å². The number of alkyl halides is 1. The fourth-order valence-corrected chi connectivity index (χ4v) is 6.02. The lowest BCUT2D eigenvalue weighted by molar-refractivity contribution is 0.120. The number of carbonyl (C=O) groups excluding carboxylic acids is 1. The van der Waals surface area contributed by atoms with Gasteiger partial charge in [0.25, 0.3) is 0 Å². The third kappa shape index (κ3) is 5.04. The van der Waals surface area contributed by atoms with E-state index in [2.05, 4.69) is 34.9 Å². The molecule has 3 N–H and O–H groups in total. The smallest absolute Gasteiger partial charge is 0.365 e. The first-order valence-corrected chi connectivity index (χ1v) is 14.2. The number of amides is 1. The van der Waals surface area contributed by atoms with Gasteiger partial charge >= 0.3 is 6.09 Å². The number of imidazole rings is 1. The van der Waals surface area contributed by atoms with Crippen LogP contribution in [-0.2, 0) is 17.1 Å². The molecule has 1 saturated heterocycles. The van der Waals surface area contributed by atoms with Gasteiger partial charge in [-0.25, -0.2) is 24.1 Å². The van der Waals surface area contributed by atoms with Gasteiger partial charge in [0.05, 0.1) is 5.69 Å². The minimum atomic E-state index is -1.95. The number of carbonyl (C=O) groups is 1. The summed E-state index contributed by atoms with van der Waals surface area (Å²) in [5.74, 6) is 2.82. The fraction of sp³-hybridized carbons (Fsp3) is 0.607. The zero-order valence-electron chi connectivity index (χ0n) is 22.8. The van der Waals surface area contributed by atoms with Crippen molar-refractivity contribution in [2.75, 3.05) is 5.32 Å². The number of nitrogens with zero attached hydrogens (tertiary/aromatic N) is 5. The van der Waals surface area contributed by atoms with Crippen molar-refractivity contribution in [1.82, 2.24) is 35.3 Å². The van der Waals surface area contributed by atoms with Crippen molar-refractivity contribution >= 4 is 23.1 Å². The van der Waals surface area contributed by atoms with Gasteiger partial charge in [0.1, 0.15) is 5.52 Å². The molecule has 0 spiro atoms. The molecule has 208 valence electrons. The van der Waals surface area contributed by atoms with Crippen molar-refractivity contribution in [3.8, 4) is 0 Å². The van der Waals surface area contributed by atoms with Crippen molar-refractivity contribution in [3.63, 3.8) is 0 Å². The Hall–Kier alpha value is -3.34. The molecule has 0 radical (unpaired) electrons. The molecule has 11 heteroatoms. The second kappa shape index (κ2) is 10.3. The van der Waals surface area contributed by atoms with E-state index in [9.17, 15) is 4.79 Å². The number of nitrogens with one attached hydrogen (secondary N) is 3. The van der Waals surface area contributed by atoms with Gasteiger partial charge in [-0.2, -0.15) is 0 Å². The van der Waals surface area contributed by atoms with E-state index in [1.165, 1.54) is 13.3 Å². The molecule has 3 fully saturated rings. The van der Waals surface area contributed by atoms with Crippen molar-refractivity contribution in [3.05, 3.63) is 41.7 Å². The molecule has 2 saturated carbocycles. The topological polar surface area (TPSA) is 119 Å². The van der Waals surface area contributed by atoms with E-state index in [1.807, 2.05) is 4.57 Å². The van der Waals surface area contributed by atoms with Crippen LogP contribution in [0.1, 0.15) is 89.2 Å². The molecule has 2 aliphatic carbocycles. The molecule has 0 bridgehead atoms. The minimum Gasteiger partial charge on any atom is -0.365 e. The summed E-state index contributed by atoms with van der Waals surface area (Å²) >= 11 is 0. The number of hydrogen-bond acceptors (Lipinski definition) is 8. The molecule has 2 unspecified atom stereocenters. The van der Waals surface area contributed by atoms with Gasteiger partial charge in [-0.3, -0.25) is 10.3 Å². The number of hydroxylamine groups is 1. The van der Waals surface area contributed by atoms with Gasteiger partial charge < -0.3 is 14.7 Å². The lowest BCUT2D eigenvalue weighted by Crippen LogP contribution is -2.32. The summed E-state index contributed by atoms with van der Waals surface area (Å²) in [7, 11) is 0. The highest BCUT2D eigenvalue weighted by Crippen LogP contribution is 2.39. The molecule has 1 amide bonds. The lowest BCUT2D eigenvalue weighted by atomic mass is 9.80. The Morgan fingerprint density at radius 3 is 2.62 bits per heavy atom. The summed E-state index contributed by atoms with van der Waals surface area (Å²) in [6, 6.07) is 5.42. The Bertz CT molecular complexity index is 1330. The lowest BCUT2D eigenvalue weighted by Gasteiger charge is -2.32. The van der Waals surface area contributed by atoms with Gasteiger partial charge in [-0.05, 0) is 69.4 Å². The van der Waals surface area contributed by atoms with Gasteiger partial charge in [0.2, 0.25) is 5.67 Å².